The third-order valence-electron chi connectivity index (χ3n) is 4.01. The first-order valence-electron chi connectivity index (χ1n) is 8.93. The molecule has 0 fully saturated rings. The smallest absolute Gasteiger partial charge is 0.239 e. The third kappa shape index (κ3) is 5.47. The topological polar surface area (TPSA) is 110 Å². The largest absolute Gasteiger partial charge is 0.349 e. The Balaban J connectivity index is 1.59. The molecule has 1 aromatic carbocycles. The molecule has 3 rings (SSSR count). The highest BCUT2D eigenvalue weighted by Gasteiger charge is 2.22. The van der Waals surface area contributed by atoms with Crippen molar-refractivity contribution in [3.63, 3.8) is 0 Å². The molecule has 2 heterocycles. The lowest BCUT2D eigenvalue weighted by Crippen LogP contribution is -2.31. The predicted molar refractivity (Wildman–Crippen MR) is 99.4 cm³/mol. The Morgan fingerprint density at radius 3 is 2.70 bits per heavy atom. The summed E-state index contributed by atoms with van der Waals surface area (Å²) in [5.74, 6) is 1.11. The lowest BCUT2D eigenvalue weighted by atomic mass is 9.85. The summed E-state index contributed by atoms with van der Waals surface area (Å²) in [4.78, 5) is 20.7. The minimum Gasteiger partial charge on any atom is -0.349 e. The van der Waals surface area contributed by atoms with E-state index in [4.69, 9.17) is 4.52 Å². The summed E-state index contributed by atoms with van der Waals surface area (Å²) in [6.45, 7) is 6.50. The standard InChI is InChI=1S/C19H24N6O2/c1-19(2,3)11-14(13-7-5-4-6-8-13)22-15(26)9-10-16-23-18(25-27-16)17-20-12-21-24-17/h4-8,12,14H,9-11H2,1-3H3,(H,22,26)(H,20,21,24). The highest BCUT2D eigenvalue weighted by Crippen LogP contribution is 2.29. The molecular weight excluding hydrogens is 344 g/mol. The van der Waals surface area contributed by atoms with E-state index in [0.29, 0.717) is 24.0 Å². The molecule has 0 saturated heterocycles. The van der Waals surface area contributed by atoms with E-state index in [1.165, 1.54) is 6.33 Å². The number of hydrogen-bond acceptors (Lipinski definition) is 6. The molecular formula is C19H24N6O2. The first-order valence-corrected chi connectivity index (χ1v) is 8.93. The maximum absolute atomic E-state index is 12.5. The Labute approximate surface area is 157 Å². The number of benzene rings is 1. The van der Waals surface area contributed by atoms with Crippen LogP contribution in [0.5, 0.6) is 0 Å². The van der Waals surface area contributed by atoms with Gasteiger partial charge in [0.15, 0.2) is 5.82 Å². The van der Waals surface area contributed by atoms with Crippen molar-refractivity contribution in [3.05, 3.63) is 48.1 Å². The van der Waals surface area contributed by atoms with Gasteiger partial charge >= 0.3 is 0 Å². The summed E-state index contributed by atoms with van der Waals surface area (Å²) in [5.41, 5.74) is 1.19. The van der Waals surface area contributed by atoms with Gasteiger partial charge in [-0.2, -0.15) is 10.1 Å². The fourth-order valence-corrected chi connectivity index (χ4v) is 2.80. The van der Waals surface area contributed by atoms with Gasteiger partial charge in [0, 0.05) is 12.8 Å². The number of aryl methyl sites for hydroxylation is 1. The van der Waals surface area contributed by atoms with Crippen molar-refractivity contribution in [3.8, 4) is 11.6 Å². The van der Waals surface area contributed by atoms with Gasteiger partial charge in [0.25, 0.3) is 0 Å². The molecule has 0 bridgehead atoms. The Morgan fingerprint density at radius 1 is 1.26 bits per heavy atom. The number of carbonyl (C=O) groups excluding carboxylic acids is 1. The van der Waals surface area contributed by atoms with E-state index in [1.54, 1.807) is 0 Å². The number of nitrogens with one attached hydrogen (secondary N) is 2. The molecule has 0 saturated carbocycles. The minimum atomic E-state index is -0.0486. The summed E-state index contributed by atoms with van der Waals surface area (Å²) in [6, 6.07) is 9.99. The van der Waals surface area contributed by atoms with E-state index in [0.717, 1.165) is 12.0 Å². The van der Waals surface area contributed by atoms with Crippen LogP contribution in [0.25, 0.3) is 11.6 Å². The number of H-pyrrole nitrogens is 1. The van der Waals surface area contributed by atoms with E-state index in [2.05, 4.69) is 51.4 Å². The van der Waals surface area contributed by atoms with E-state index in [1.807, 2.05) is 30.3 Å². The molecule has 0 radical (unpaired) electrons. The molecule has 0 aliphatic rings. The average molecular weight is 368 g/mol. The summed E-state index contributed by atoms with van der Waals surface area (Å²) in [5, 5.41) is 13.4. The average Bonchev–Trinajstić information content (AvgIpc) is 3.30. The zero-order valence-corrected chi connectivity index (χ0v) is 15.8. The van der Waals surface area contributed by atoms with E-state index >= 15 is 0 Å². The van der Waals surface area contributed by atoms with Gasteiger partial charge in [0.05, 0.1) is 6.04 Å². The van der Waals surface area contributed by atoms with Gasteiger partial charge in [0.2, 0.25) is 17.6 Å². The molecule has 2 aromatic heterocycles. The monoisotopic (exact) mass is 368 g/mol. The number of aromatic nitrogens is 5. The first kappa shape index (κ1) is 18.8. The van der Waals surface area contributed by atoms with E-state index < -0.39 is 0 Å². The van der Waals surface area contributed by atoms with Crippen LogP contribution in [0.15, 0.2) is 41.2 Å². The number of nitrogens with zero attached hydrogens (tertiary/aromatic N) is 4. The van der Waals surface area contributed by atoms with Crippen molar-refractivity contribution in [2.75, 3.05) is 0 Å². The fourth-order valence-electron chi connectivity index (χ4n) is 2.80. The molecule has 0 spiro atoms. The molecule has 0 aliphatic heterocycles. The lowest BCUT2D eigenvalue weighted by molar-refractivity contribution is -0.122. The molecule has 0 aliphatic carbocycles. The summed E-state index contributed by atoms with van der Waals surface area (Å²) >= 11 is 0. The van der Waals surface area contributed by atoms with Gasteiger partial charge in [-0.3, -0.25) is 9.89 Å². The Morgan fingerprint density at radius 2 is 2.04 bits per heavy atom. The number of amides is 1. The lowest BCUT2D eigenvalue weighted by Gasteiger charge is -2.27. The van der Waals surface area contributed by atoms with Gasteiger partial charge in [-0.05, 0) is 17.4 Å². The van der Waals surface area contributed by atoms with Gasteiger partial charge in [-0.1, -0.05) is 56.3 Å². The second kappa shape index (κ2) is 8.11. The van der Waals surface area contributed by atoms with Crippen LogP contribution in [0.2, 0.25) is 0 Å². The van der Waals surface area contributed by atoms with Gasteiger partial charge in [-0.25, -0.2) is 4.98 Å². The van der Waals surface area contributed by atoms with E-state index in [9.17, 15) is 4.79 Å². The zero-order valence-electron chi connectivity index (χ0n) is 15.8. The zero-order chi connectivity index (χ0) is 19.3. The Kier molecular flexibility index (Phi) is 5.63. The quantitative estimate of drug-likeness (QED) is 0.663. The molecule has 27 heavy (non-hydrogen) atoms. The van der Waals surface area contributed by atoms with Crippen molar-refractivity contribution in [1.29, 1.82) is 0 Å². The van der Waals surface area contributed by atoms with Crippen molar-refractivity contribution in [2.45, 2.75) is 46.1 Å². The highest BCUT2D eigenvalue weighted by molar-refractivity contribution is 5.76. The van der Waals surface area contributed by atoms with Crippen LogP contribution in [0.3, 0.4) is 0 Å². The molecule has 8 heteroatoms. The van der Waals surface area contributed by atoms with Gasteiger partial charge in [0.1, 0.15) is 6.33 Å². The summed E-state index contributed by atoms with van der Waals surface area (Å²) in [6.07, 6.45) is 2.85. The summed E-state index contributed by atoms with van der Waals surface area (Å²) < 4.78 is 5.18. The van der Waals surface area contributed by atoms with Crippen molar-refractivity contribution < 1.29 is 9.32 Å². The third-order valence-corrected chi connectivity index (χ3v) is 4.01. The predicted octanol–water partition coefficient (Wildman–Crippen LogP) is 3.08. The molecule has 3 aromatic rings. The number of hydrogen-bond donors (Lipinski definition) is 2. The molecule has 2 N–H and O–H groups in total. The molecule has 1 unspecified atom stereocenters. The number of rotatable bonds is 7. The van der Waals surface area contributed by atoms with Gasteiger partial charge < -0.3 is 9.84 Å². The number of carbonyl (C=O) groups is 1. The van der Waals surface area contributed by atoms with Crippen LogP contribution in [-0.4, -0.2) is 31.2 Å². The van der Waals surface area contributed by atoms with Gasteiger partial charge in [-0.15, -0.1) is 0 Å². The fraction of sp³-hybridized carbons (Fsp3) is 0.421. The van der Waals surface area contributed by atoms with Crippen LogP contribution < -0.4 is 5.32 Å². The van der Waals surface area contributed by atoms with Crippen LogP contribution in [0, 0.1) is 5.41 Å². The highest BCUT2D eigenvalue weighted by atomic mass is 16.5. The van der Waals surface area contributed by atoms with Crippen LogP contribution >= 0.6 is 0 Å². The number of aromatic amines is 1. The maximum atomic E-state index is 12.5. The van der Waals surface area contributed by atoms with Crippen molar-refractivity contribution in [2.24, 2.45) is 5.41 Å². The Hall–Kier alpha value is -3.03. The van der Waals surface area contributed by atoms with Crippen LogP contribution in [0.4, 0.5) is 0 Å². The molecule has 8 nitrogen and oxygen atoms in total. The summed E-state index contributed by atoms with van der Waals surface area (Å²) in [7, 11) is 0. The minimum absolute atomic E-state index is 0.0360. The SMILES string of the molecule is CC(C)(C)CC(NC(=O)CCc1nc(-c2ncn[nH]2)no1)c1ccccc1. The maximum Gasteiger partial charge on any atom is 0.239 e. The second-order valence-corrected chi connectivity index (χ2v) is 7.64. The first-order chi connectivity index (χ1) is 12.9. The van der Waals surface area contributed by atoms with Crippen molar-refractivity contribution in [1.82, 2.24) is 30.6 Å². The molecule has 1 amide bonds. The second-order valence-electron chi connectivity index (χ2n) is 7.64. The van der Waals surface area contributed by atoms with Crippen LogP contribution in [-0.2, 0) is 11.2 Å². The normalized spacial score (nSPS) is 12.7. The van der Waals surface area contributed by atoms with Crippen molar-refractivity contribution >= 4 is 5.91 Å². The molecule has 1 atom stereocenters. The van der Waals surface area contributed by atoms with Crippen LogP contribution in [0.1, 0.15) is 51.1 Å². The molecule has 142 valence electrons. The van der Waals surface area contributed by atoms with E-state index in [-0.39, 0.29) is 23.8 Å². The Bertz CT molecular complexity index is 852.